The van der Waals surface area contributed by atoms with Gasteiger partial charge in [0.15, 0.2) is 11.4 Å². The van der Waals surface area contributed by atoms with Crippen LogP contribution in [0.15, 0.2) is 21.5 Å². The van der Waals surface area contributed by atoms with Crippen molar-refractivity contribution in [1.29, 1.82) is 0 Å². The molecule has 6 heteroatoms. The molecular formula is C9H9N3OS2. The lowest BCUT2D eigenvalue weighted by Gasteiger charge is -1.97. The molecule has 0 aromatic carbocycles. The van der Waals surface area contributed by atoms with Crippen molar-refractivity contribution in [3.8, 4) is 0 Å². The molecule has 0 amide bonds. The van der Waals surface area contributed by atoms with Gasteiger partial charge in [0, 0.05) is 7.05 Å². The zero-order chi connectivity index (χ0) is 10.8. The zero-order valence-corrected chi connectivity index (χ0v) is 9.93. The molecule has 2 rings (SSSR count). The summed E-state index contributed by atoms with van der Waals surface area (Å²) in [6.45, 7) is 1.91. The summed E-state index contributed by atoms with van der Waals surface area (Å²) < 4.78 is 2.97. The maximum Gasteiger partial charge on any atom is 0.196 e. The minimum absolute atomic E-state index is 0.733. The molecule has 0 spiro atoms. The predicted octanol–water partition coefficient (Wildman–Crippen LogP) is 2.15. The molecule has 0 unspecified atom stereocenters. The number of carbonyl (C=O) groups excluding carboxylic acids is 1. The molecule has 2 aromatic rings. The Bertz CT molecular complexity index is 489. The summed E-state index contributed by atoms with van der Waals surface area (Å²) >= 11 is 2.98. The van der Waals surface area contributed by atoms with Gasteiger partial charge in [-0.1, -0.05) is 0 Å². The number of aryl methyl sites for hydroxylation is 1. The second-order valence-corrected chi connectivity index (χ2v) is 5.35. The fraction of sp³-hybridized carbons (Fsp3) is 0.222. The minimum Gasteiger partial charge on any atom is -0.309 e. The second kappa shape index (κ2) is 4.16. The van der Waals surface area contributed by atoms with Crippen molar-refractivity contribution in [2.24, 2.45) is 7.05 Å². The van der Waals surface area contributed by atoms with E-state index in [1.54, 1.807) is 0 Å². The van der Waals surface area contributed by atoms with Crippen LogP contribution in [0.2, 0.25) is 0 Å². The Morgan fingerprint density at radius 3 is 2.80 bits per heavy atom. The Morgan fingerprint density at radius 2 is 2.27 bits per heavy atom. The van der Waals surface area contributed by atoms with Crippen LogP contribution in [-0.4, -0.2) is 21.1 Å². The first-order chi connectivity index (χ1) is 7.20. The van der Waals surface area contributed by atoms with Gasteiger partial charge in [0.05, 0.1) is 9.09 Å². The normalized spacial score (nSPS) is 10.5. The predicted molar refractivity (Wildman–Crippen MR) is 59.6 cm³/mol. The van der Waals surface area contributed by atoms with E-state index in [2.05, 4.69) is 10.2 Å². The third-order valence-electron chi connectivity index (χ3n) is 1.96. The number of aldehydes is 1. The van der Waals surface area contributed by atoms with E-state index in [4.69, 9.17) is 0 Å². The van der Waals surface area contributed by atoms with Gasteiger partial charge in [0.2, 0.25) is 0 Å². The van der Waals surface area contributed by atoms with Crippen molar-refractivity contribution in [2.45, 2.75) is 16.3 Å². The fourth-order valence-corrected chi connectivity index (χ4v) is 2.92. The van der Waals surface area contributed by atoms with E-state index in [1.165, 1.54) is 23.1 Å². The highest BCUT2D eigenvalue weighted by molar-refractivity contribution is 8.01. The first kappa shape index (κ1) is 10.4. The van der Waals surface area contributed by atoms with E-state index >= 15 is 0 Å². The van der Waals surface area contributed by atoms with Gasteiger partial charge in [-0.25, -0.2) is 0 Å². The molecule has 2 heterocycles. The highest BCUT2D eigenvalue weighted by atomic mass is 32.2. The molecule has 0 fully saturated rings. The molecule has 0 aliphatic carbocycles. The van der Waals surface area contributed by atoms with Gasteiger partial charge < -0.3 is 4.57 Å². The molecule has 2 aromatic heterocycles. The number of nitrogens with zero attached hydrogens (tertiary/aromatic N) is 3. The fourth-order valence-electron chi connectivity index (χ4n) is 1.02. The molecule has 0 radical (unpaired) electrons. The Balaban J connectivity index is 2.21. The molecule has 15 heavy (non-hydrogen) atoms. The lowest BCUT2D eigenvalue weighted by Crippen LogP contribution is -1.92. The van der Waals surface area contributed by atoms with Crippen molar-refractivity contribution < 1.29 is 4.79 Å². The topological polar surface area (TPSA) is 47.8 Å². The minimum atomic E-state index is 0.733. The Labute approximate surface area is 95.3 Å². The van der Waals surface area contributed by atoms with E-state index in [1.807, 2.05) is 30.7 Å². The van der Waals surface area contributed by atoms with Gasteiger partial charge in [-0.2, -0.15) is 0 Å². The van der Waals surface area contributed by atoms with E-state index in [9.17, 15) is 4.79 Å². The summed E-state index contributed by atoms with van der Waals surface area (Å²) in [6, 6.07) is 3.73. The quantitative estimate of drug-likeness (QED) is 0.770. The van der Waals surface area contributed by atoms with Crippen LogP contribution >= 0.6 is 23.1 Å². The lowest BCUT2D eigenvalue weighted by molar-refractivity contribution is 0.112. The van der Waals surface area contributed by atoms with E-state index in [-0.39, 0.29) is 0 Å². The molecular weight excluding hydrogens is 230 g/mol. The first-order valence-corrected chi connectivity index (χ1v) is 5.93. The number of rotatable bonds is 3. The maximum absolute atomic E-state index is 10.5. The summed E-state index contributed by atoms with van der Waals surface area (Å²) in [5.41, 5.74) is 0. The van der Waals surface area contributed by atoms with Gasteiger partial charge in [-0.3, -0.25) is 4.79 Å². The molecule has 0 saturated heterocycles. The lowest BCUT2D eigenvalue weighted by atomic mass is 10.5. The molecule has 0 aliphatic heterocycles. The van der Waals surface area contributed by atoms with Crippen LogP contribution < -0.4 is 0 Å². The molecule has 0 aliphatic rings. The van der Waals surface area contributed by atoms with Crippen molar-refractivity contribution in [3.63, 3.8) is 0 Å². The van der Waals surface area contributed by atoms with Gasteiger partial charge in [-0.15, -0.1) is 21.5 Å². The van der Waals surface area contributed by atoms with Crippen LogP contribution in [0.1, 0.15) is 15.5 Å². The number of hydrogen-bond acceptors (Lipinski definition) is 5. The molecule has 4 nitrogen and oxygen atoms in total. The smallest absolute Gasteiger partial charge is 0.196 e. The van der Waals surface area contributed by atoms with Crippen LogP contribution in [0.25, 0.3) is 0 Å². The molecule has 78 valence electrons. The van der Waals surface area contributed by atoms with Crippen LogP contribution in [0, 0.1) is 6.92 Å². The monoisotopic (exact) mass is 239 g/mol. The zero-order valence-electron chi connectivity index (χ0n) is 8.30. The van der Waals surface area contributed by atoms with Crippen LogP contribution in [0.3, 0.4) is 0 Å². The number of carbonyl (C=O) groups is 1. The van der Waals surface area contributed by atoms with Crippen LogP contribution in [0.4, 0.5) is 0 Å². The number of aromatic nitrogens is 3. The molecule has 0 saturated carbocycles. The van der Waals surface area contributed by atoms with Gasteiger partial charge >= 0.3 is 0 Å². The first-order valence-electron chi connectivity index (χ1n) is 4.29. The second-order valence-electron chi connectivity index (χ2n) is 2.97. The summed E-state index contributed by atoms with van der Waals surface area (Å²) in [5.74, 6) is 0.879. The Hall–Kier alpha value is -1.14. The largest absolute Gasteiger partial charge is 0.309 e. The third kappa shape index (κ3) is 2.10. The highest BCUT2D eigenvalue weighted by Gasteiger charge is 2.08. The van der Waals surface area contributed by atoms with E-state index < -0.39 is 0 Å². The summed E-state index contributed by atoms with van der Waals surface area (Å²) in [6.07, 6.45) is 0.858. The maximum atomic E-state index is 10.5. The van der Waals surface area contributed by atoms with Crippen molar-refractivity contribution >= 4 is 29.4 Å². The molecule has 0 atom stereocenters. The SMILES string of the molecule is Cc1nnc(Sc2ccc(C=O)s2)n1C. The van der Waals surface area contributed by atoms with E-state index in [0.717, 1.165) is 26.4 Å². The number of hydrogen-bond donors (Lipinski definition) is 0. The molecule has 0 bridgehead atoms. The average molecular weight is 239 g/mol. The summed E-state index contributed by atoms with van der Waals surface area (Å²) in [7, 11) is 1.92. The number of thiophene rings is 1. The Morgan fingerprint density at radius 1 is 1.47 bits per heavy atom. The summed E-state index contributed by atoms with van der Waals surface area (Å²) in [5, 5.41) is 8.85. The van der Waals surface area contributed by atoms with Crippen molar-refractivity contribution in [1.82, 2.24) is 14.8 Å². The summed E-state index contributed by atoms with van der Waals surface area (Å²) in [4.78, 5) is 11.2. The van der Waals surface area contributed by atoms with Gasteiger partial charge in [-0.05, 0) is 30.8 Å². The highest BCUT2D eigenvalue weighted by Crippen LogP contribution is 2.31. The standard InChI is InChI=1S/C9H9N3OS2/c1-6-10-11-9(12(6)2)15-8-4-3-7(5-13)14-8/h3-5H,1-2H3. The van der Waals surface area contributed by atoms with Crippen LogP contribution in [0.5, 0.6) is 0 Å². The molecule has 0 N–H and O–H groups in total. The van der Waals surface area contributed by atoms with Crippen molar-refractivity contribution in [2.75, 3.05) is 0 Å². The van der Waals surface area contributed by atoms with Crippen LogP contribution in [-0.2, 0) is 7.05 Å². The third-order valence-corrected chi connectivity index (χ3v) is 4.14. The Kier molecular flexibility index (Phi) is 2.88. The van der Waals surface area contributed by atoms with Gasteiger partial charge in [0.25, 0.3) is 0 Å². The van der Waals surface area contributed by atoms with Crippen molar-refractivity contribution in [3.05, 3.63) is 22.8 Å². The average Bonchev–Trinajstić information content (AvgIpc) is 2.80. The van der Waals surface area contributed by atoms with Gasteiger partial charge in [0.1, 0.15) is 5.82 Å². The van der Waals surface area contributed by atoms with E-state index in [0.29, 0.717) is 0 Å².